The number of ether oxygens (including phenoxy) is 1. The van der Waals surface area contributed by atoms with Gasteiger partial charge in [-0.1, -0.05) is 48.0 Å². The minimum atomic E-state index is -0.539. The fourth-order valence-electron chi connectivity index (χ4n) is 4.71. The number of nitro benzene ring substituents is 1. The number of halogens is 1. The predicted molar refractivity (Wildman–Crippen MR) is 131 cm³/mol. The number of rotatable bonds is 4. The molecule has 8 heteroatoms. The number of nitrogens with zero attached hydrogens (tertiary/aromatic N) is 1. The van der Waals surface area contributed by atoms with Gasteiger partial charge in [-0.25, -0.2) is 0 Å². The van der Waals surface area contributed by atoms with E-state index in [2.05, 4.69) is 16.7 Å². The number of carbonyl (C=O) groups excluding carboxylic acids is 1. The van der Waals surface area contributed by atoms with E-state index >= 15 is 0 Å². The highest BCUT2D eigenvalue weighted by molar-refractivity contribution is 6.32. The van der Waals surface area contributed by atoms with Crippen LogP contribution in [0.25, 0.3) is 0 Å². The van der Waals surface area contributed by atoms with Crippen LogP contribution in [0.4, 0.5) is 17.1 Å². The second-order valence-corrected chi connectivity index (χ2v) is 8.82. The number of methoxy groups -OCH3 is 1. The first kappa shape index (κ1) is 22.0. The van der Waals surface area contributed by atoms with Gasteiger partial charge in [0.25, 0.3) is 5.69 Å². The Kier molecular flexibility index (Phi) is 5.71. The highest BCUT2D eigenvalue weighted by Gasteiger charge is 2.40. The molecule has 0 aromatic heterocycles. The summed E-state index contributed by atoms with van der Waals surface area (Å²) in [5.74, 6) is 0.172. The number of carbonyl (C=O) groups is 1. The molecule has 5 rings (SSSR count). The highest BCUT2D eigenvalue weighted by Crippen LogP contribution is 2.45. The van der Waals surface area contributed by atoms with Crippen molar-refractivity contribution in [2.75, 3.05) is 17.7 Å². The van der Waals surface area contributed by atoms with Gasteiger partial charge in [0.15, 0.2) is 0 Å². The Bertz CT molecular complexity index is 1310. The van der Waals surface area contributed by atoms with Gasteiger partial charge in [0.05, 0.1) is 35.4 Å². The molecule has 172 valence electrons. The van der Waals surface area contributed by atoms with E-state index in [0.29, 0.717) is 12.0 Å². The third kappa shape index (κ3) is 3.99. The molecule has 3 atom stereocenters. The molecule has 0 spiro atoms. The van der Waals surface area contributed by atoms with Gasteiger partial charge in [-0.15, -0.1) is 0 Å². The summed E-state index contributed by atoms with van der Waals surface area (Å²) in [6, 6.07) is 19.6. The lowest BCUT2D eigenvalue weighted by Crippen LogP contribution is -2.33. The molecule has 0 saturated carbocycles. The van der Waals surface area contributed by atoms with Gasteiger partial charge in [0, 0.05) is 24.1 Å². The van der Waals surface area contributed by atoms with Crippen molar-refractivity contribution in [3.05, 3.63) is 105 Å². The maximum Gasteiger partial charge on any atom is 0.288 e. The topological polar surface area (TPSA) is 93.5 Å². The van der Waals surface area contributed by atoms with E-state index in [4.69, 9.17) is 16.3 Å². The number of nitrogens with one attached hydrogen (secondary N) is 2. The van der Waals surface area contributed by atoms with Crippen LogP contribution in [0.2, 0.25) is 5.02 Å². The van der Waals surface area contributed by atoms with Crippen LogP contribution in [-0.2, 0) is 4.79 Å². The zero-order chi connectivity index (χ0) is 23.8. The van der Waals surface area contributed by atoms with Crippen LogP contribution in [0.3, 0.4) is 0 Å². The second kappa shape index (κ2) is 8.83. The largest absolute Gasteiger partial charge is 0.497 e. The molecule has 3 unspecified atom stereocenters. The molecule has 34 heavy (non-hydrogen) atoms. The van der Waals surface area contributed by atoms with E-state index in [1.165, 1.54) is 12.1 Å². The Hall–Kier alpha value is -3.84. The lowest BCUT2D eigenvalue weighted by Gasteiger charge is -2.32. The monoisotopic (exact) mass is 475 g/mol. The normalized spacial score (nSPS) is 21.2. The van der Waals surface area contributed by atoms with Crippen LogP contribution in [0.15, 0.2) is 78.5 Å². The molecule has 1 aliphatic heterocycles. The van der Waals surface area contributed by atoms with Gasteiger partial charge >= 0.3 is 0 Å². The highest BCUT2D eigenvalue weighted by atomic mass is 35.5. The first-order valence-corrected chi connectivity index (χ1v) is 11.3. The number of ketones is 1. The summed E-state index contributed by atoms with van der Waals surface area (Å²) in [4.78, 5) is 24.6. The van der Waals surface area contributed by atoms with Crippen LogP contribution < -0.4 is 15.4 Å². The number of hydrogen-bond acceptors (Lipinski definition) is 6. The number of anilines is 2. The zero-order valence-corrected chi connectivity index (χ0v) is 19.1. The Labute approximate surface area is 201 Å². The summed E-state index contributed by atoms with van der Waals surface area (Å²) in [5, 5.41) is 18.5. The summed E-state index contributed by atoms with van der Waals surface area (Å²) in [5.41, 5.74) is 3.89. The fourth-order valence-corrected chi connectivity index (χ4v) is 4.90. The lowest BCUT2D eigenvalue weighted by molar-refractivity contribution is -0.384. The van der Waals surface area contributed by atoms with Gasteiger partial charge in [-0.2, -0.15) is 0 Å². The molecule has 3 aromatic carbocycles. The maximum atomic E-state index is 13.6. The van der Waals surface area contributed by atoms with Crippen molar-refractivity contribution in [3.8, 4) is 5.75 Å². The minimum Gasteiger partial charge on any atom is -0.497 e. The molecule has 1 aliphatic carbocycles. The van der Waals surface area contributed by atoms with E-state index in [1.807, 2.05) is 48.5 Å². The van der Waals surface area contributed by atoms with Crippen molar-refractivity contribution in [2.24, 2.45) is 5.92 Å². The second-order valence-electron chi connectivity index (χ2n) is 8.41. The molecule has 2 aliphatic rings. The minimum absolute atomic E-state index is 0.0497. The smallest absolute Gasteiger partial charge is 0.288 e. The molecule has 0 saturated heterocycles. The third-order valence-corrected chi connectivity index (χ3v) is 6.72. The number of hydrogen-bond donors (Lipinski definition) is 2. The summed E-state index contributed by atoms with van der Waals surface area (Å²) in [6.45, 7) is 0. The van der Waals surface area contributed by atoms with Gasteiger partial charge in [0.2, 0.25) is 0 Å². The van der Waals surface area contributed by atoms with Crippen LogP contribution in [0, 0.1) is 16.0 Å². The van der Waals surface area contributed by atoms with Crippen molar-refractivity contribution >= 4 is 34.4 Å². The van der Waals surface area contributed by atoms with E-state index in [1.54, 1.807) is 13.2 Å². The Balaban J connectivity index is 1.61. The van der Waals surface area contributed by atoms with E-state index in [9.17, 15) is 14.9 Å². The third-order valence-electron chi connectivity index (χ3n) is 6.40. The molecule has 2 N–H and O–H groups in total. The van der Waals surface area contributed by atoms with E-state index in [0.717, 1.165) is 28.4 Å². The van der Waals surface area contributed by atoms with Gasteiger partial charge in [-0.3, -0.25) is 14.9 Å². The molecule has 0 bridgehead atoms. The molecule has 7 nitrogen and oxygen atoms in total. The Morgan fingerprint density at radius 1 is 1.03 bits per heavy atom. The summed E-state index contributed by atoms with van der Waals surface area (Å²) >= 11 is 6.06. The molecule has 1 heterocycles. The van der Waals surface area contributed by atoms with Crippen LogP contribution in [0.1, 0.15) is 29.5 Å². The molecular weight excluding hydrogens is 454 g/mol. The standard InChI is InChI=1S/C26H22ClN3O4/c1-34-18-9-6-15(7-10-18)17-12-22-25(24(31)14-17)26(29-21-5-3-2-4-20(21)28-22)16-8-11-19(27)23(13-16)30(32)33/h2-13,17,25-26,28-29H,14H2,1H3. The van der Waals surface area contributed by atoms with E-state index < -0.39 is 16.9 Å². The fraction of sp³-hybridized carbons (Fsp3) is 0.192. The Morgan fingerprint density at radius 2 is 1.74 bits per heavy atom. The maximum absolute atomic E-state index is 13.6. The van der Waals surface area contributed by atoms with Gasteiger partial charge in [0.1, 0.15) is 16.6 Å². The average Bonchev–Trinajstić information content (AvgIpc) is 3.01. The molecule has 0 radical (unpaired) electrons. The SMILES string of the molecule is COc1ccc(C2C=C3Nc4ccccc4NC(c4ccc(Cl)c([N+](=O)[O-])c4)C3C(=O)C2)cc1. The van der Waals surface area contributed by atoms with Crippen LogP contribution >= 0.6 is 11.6 Å². The van der Waals surface area contributed by atoms with Crippen molar-refractivity contribution < 1.29 is 14.5 Å². The van der Waals surface area contributed by atoms with Crippen molar-refractivity contribution in [1.29, 1.82) is 0 Å². The number of allylic oxidation sites excluding steroid dienone is 1. The first-order valence-electron chi connectivity index (χ1n) is 10.9. The Morgan fingerprint density at radius 3 is 2.44 bits per heavy atom. The predicted octanol–water partition coefficient (Wildman–Crippen LogP) is 6.09. The molecule has 3 aromatic rings. The van der Waals surface area contributed by atoms with Crippen LogP contribution in [0.5, 0.6) is 5.75 Å². The summed E-state index contributed by atoms with van der Waals surface area (Å²) in [7, 11) is 1.62. The molecule has 0 amide bonds. The molecular formula is C26H22ClN3O4. The molecule has 0 fully saturated rings. The summed E-state index contributed by atoms with van der Waals surface area (Å²) in [6.07, 6.45) is 2.42. The van der Waals surface area contributed by atoms with E-state index in [-0.39, 0.29) is 22.4 Å². The number of nitro groups is 1. The van der Waals surface area contributed by atoms with Gasteiger partial charge < -0.3 is 15.4 Å². The quantitative estimate of drug-likeness (QED) is 0.350. The van der Waals surface area contributed by atoms with Crippen molar-refractivity contribution in [2.45, 2.75) is 18.4 Å². The lowest BCUT2D eigenvalue weighted by atomic mass is 9.76. The zero-order valence-electron chi connectivity index (χ0n) is 18.3. The summed E-state index contributed by atoms with van der Waals surface area (Å²) < 4.78 is 5.26. The van der Waals surface area contributed by atoms with Crippen molar-refractivity contribution in [1.82, 2.24) is 0 Å². The average molecular weight is 476 g/mol. The van der Waals surface area contributed by atoms with Gasteiger partial charge in [-0.05, 0) is 41.5 Å². The number of Topliss-reactive ketones (excluding diaryl/α,β-unsaturated/α-hetero) is 1. The number of para-hydroxylation sites is 2. The van der Waals surface area contributed by atoms with Crippen LogP contribution in [-0.4, -0.2) is 17.8 Å². The number of fused-ring (bicyclic) bond motifs is 2. The number of benzene rings is 3. The van der Waals surface area contributed by atoms with Crippen molar-refractivity contribution in [3.63, 3.8) is 0 Å². The first-order chi connectivity index (χ1) is 16.4.